The van der Waals surface area contributed by atoms with Gasteiger partial charge in [-0.15, -0.1) is 5.10 Å². The maximum absolute atomic E-state index is 13.8. The number of ether oxygens (including phenoxy) is 2. The molecular weight excluding hydrogens is 491 g/mol. The number of nitrogens with zero attached hydrogens (tertiary/aromatic N) is 4. The molecule has 9 heteroatoms. The summed E-state index contributed by atoms with van der Waals surface area (Å²) < 4.78 is 26.9. The molecule has 35 heavy (non-hydrogen) atoms. The largest absolute Gasteiger partial charge is 2.00 e. The Morgan fingerprint density at radius 1 is 1.03 bits per heavy atom. The molecule has 1 fully saturated rings. The van der Waals surface area contributed by atoms with Crippen molar-refractivity contribution in [3.05, 3.63) is 90.1 Å². The van der Waals surface area contributed by atoms with Crippen LogP contribution in [0.4, 0.5) is 10.1 Å². The predicted octanol–water partition coefficient (Wildman–Crippen LogP) is 4.15. The minimum Gasteiger partial charge on any atom is -0.336 e. The molecule has 0 N–H and O–H groups in total. The molecule has 1 spiro atoms. The molecule has 0 radical (unpaired) electrons. The summed E-state index contributed by atoms with van der Waals surface area (Å²) in [6.45, 7) is 1.84. The van der Waals surface area contributed by atoms with E-state index in [2.05, 4.69) is 46.8 Å². The number of fused-ring (bicyclic) bond motifs is 2. The van der Waals surface area contributed by atoms with Crippen LogP contribution in [0.25, 0.3) is 0 Å². The fourth-order valence-corrected chi connectivity index (χ4v) is 4.46. The first-order valence-electron chi connectivity index (χ1n) is 11.6. The zero-order valence-corrected chi connectivity index (χ0v) is 20.3. The number of carbonyl (C=O) groups is 1. The molecular formula is C26H27FFeN4O3+2. The maximum atomic E-state index is 13.8. The van der Waals surface area contributed by atoms with Gasteiger partial charge >= 0.3 is 17.1 Å². The van der Waals surface area contributed by atoms with Gasteiger partial charge in [0.1, 0.15) is 5.82 Å². The van der Waals surface area contributed by atoms with Crippen molar-refractivity contribution in [3.63, 3.8) is 0 Å². The number of benzene rings is 1. The third-order valence-electron chi connectivity index (χ3n) is 6.14. The number of hydrogen-bond acceptors (Lipinski definition) is 5. The molecule has 2 aliphatic carbocycles. The molecule has 1 saturated heterocycles. The summed E-state index contributed by atoms with van der Waals surface area (Å²) in [5.41, 5.74) is 2.04. The van der Waals surface area contributed by atoms with Crippen molar-refractivity contribution in [3.8, 4) is 0 Å². The average Bonchev–Trinajstić information content (AvgIpc) is 3.68. The Hall–Kier alpha value is -2.84. The summed E-state index contributed by atoms with van der Waals surface area (Å²) >= 11 is 0. The van der Waals surface area contributed by atoms with Gasteiger partial charge in [0, 0.05) is 30.8 Å². The topological polar surface area (TPSA) is 69.5 Å². The quantitative estimate of drug-likeness (QED) is 0.425. The molecule has 0 unspecified atom stereocenters. The summed E-state index contributed by atoms with van der Waals surface area (Å²) in [5.74, 6) is -1.98. The second-order valence-corrected chi connectivity index (χ2v) is 8.43. The Kier molecular flexibility index (Phi) is 8.13. The van der Waals surface area contributed by atoms with Crippen molar-refractivity contribution < 1.29 is 35.7 Å². The van der Waals surface area contributed by atoms with Crippen LogP contribution >= 0.6 is 0 Å². The maximum Gasteiger partial charge on any atom is 2.00 e. The number of unbranched alkanes of at least 4 members (excludes halogenated alkanes) is 1. The van der Waals surface area contributed by atoms with Gasteiger partial charge in [-0.05, 0) is 37.5 Å². The van der Waals surface area contributed by atoms with Gasteiger partial charge in [-0.3, -0.25) is 9.48 Å². The van der Waals surface area contributed by atoms with Gasteiger partial charge in [-0.25, -0.2) is 4.39 Å². The van der Waals surface area contributed by atoms with E-state index in [1.165, 1.54) is 12.1 Å². The molecule has 2 aliphatic heterocycles. The van der Waals surface area contributed by atoms with Crippen molar-refractivity contribution in [2.45, 2.75) is 37.5 Å². The average molecular weight is 518 g/mol. The minimum absolute atomic E-state index is 0. The van der Waals surface area contributed by atoms with E-state index in [0.717, 1.165) is 25.0 Å². The van der Waals surface area contributed by atoms with E-state index in [1.807, 2.05) is 23.0 Å². The number of carbonyl (C=O) groups excluding carboxylic acids is 1. The molecule has 0 bridgehead atoms. The summed E-state index contributed by atoms with van der Waals surface area (Å²) in [6, 6.07) is 4.31. The molecule has 4 aliphatic rings. The molecule has 3 heterocycles. The van der Waals surface area contributed by atoms with E-state index in [9.17, 15) is 9.18 Å². The Balaban J connectivity index is 0.000000431. The van der Waals surface area contributed by atoms with Gasteiger partial charge in [-0.1, -0.05) is 53.8 Å². The Morgan fingerprint density at radius 3 is 2.43 bits per heavy atom. The van der Waals surface area contributed by atoms with Gasteiger partial charge in [-0.2, -0.15) is 0 Å². The third kappa shape index (κ3) is 5.23. The number of aryl methyl sites for hydroxylation is 1. The molecule has 0 saturated carbocycles. The zero-order valence-electron chi connectivity index (χ0n) is 19.2. The predicted molar refractivity (Wildman–Crippen MR) is 126 cm³/mol. The first-order valence-corrected chi connectivity index (χ1v) is 11.6. The van der Waals surface area contributed by atoms with Crippen LogP contribution in [0, 0.1) is 5.82 Å². The van der Waals surface area contributed by atoms with Crippen molar-refractivity contribution in [1.29, 1.82) is 0 Å². The van der Waals surface area contributed by atoms with Crippen LogP contribution in [-0.4, -0.2) is 40.7 Å². The Morgan fingerprint density at radius 2 is 1.74 bits per heavy atom. The standard InChI is InChI=1S/C21H21FN4O3.C5H6.Fe/c22-16-7-8-19-17(13-16)21(28-11-12-29-21)20(27)26(19)10-4-3-9-25-14-18(23-24-25)15-5-1-2-6-15;1-2-4-5-3-1;/h1-2,5-8,13-15H,3-4,9-12H2;1-4H,5H2;/q;;+2. The smallest absolute Gasteiger partial charge is 0.336 e. The summed E-state index contributed by atoms with van der Waals surface area (Å²) in [6.07, 6.45) is 21.2. The number of rotatable bonds is 6. The van der Waals surface area contributed by atoms with Gasteiger partial charge in [0.2, 0.25) is 0 Å². The second-order valence-electron chi connectivity index (χ2n) is 8.43. The van der Waals surface area contributed by atoms with Crippen LogP contribution < -0.4 is 4.90 Å². The number of allylic oxidation sites excluding steroid dienone is 8. The third-order valence-corrected chi connectivity index (χ3v) is 6.14. The van der Waals surface area contributed by atoms with Crippen LogP contribution in [0.3, 0.4) is 0 Å². The fraction of sp³-hybridized carbons (Fsp3) is 0.346. The van der Waals surface area contributed by atoms with Gasteiger partial charge in [0.25, 0.3) is 11.7 Å². The summed E-state index contributed by atoms with van der Waals surface area (Å²) in [4.78, 5) is 14.7. The van der Waals surface area contributed by atoms with Gasteiger partial charge < -0.3 is 14.4 Å². The zero-order chi connectivity index (χ0) is 23.4. The van der Waals surface area contributed by atoms with Gasteiger partial charge in [0.05, 0.1) is 24.6 Å². The number of aromatic nitrogens is 3. The van der Waals surface area contributed by atoms with E-state index < -0.39 is 11.6 Å². The number of amides is 1. The molecule has 2 aromatic rings. The monoisotopic (exact) mass is 518 g/mol. The van der Waals surface area contributed by atoms with Crippen LogP contribution in [0.2, 0.25) is 0 Å². The van der Waals surface area contributed by atoms with Crippen molar-refractivity contribution >= 4 is 11.6 Å². The van der Waals surface area contributed by atoms with E-state index >= 15 is 0 Å². The summed E-state index contributed by atoms with van der Waals surface area (Å²) in [7, 11) is 0. The van der Waals surface area contributed by atoms with E-state index in [4.69, 9.17) is 9.47 Å². The fourth-order valence-electron chi connectivity index (χ4n) is 4.46. The normalized spacial score (nSPS) is 18.9. The van der Waals surface area contributed by atoms with Crippen LogP contribution in [-0.2, 0) is 43.7 Å². The van der Waals surface area contributed by atoms with Gasteiger partial charge in [0.15, 0.2) is 0 Å². The first-order chi connectivity index (χ1) is 16.7. The van der Waals surface area contributed by atoms with E-state index in [-0.39, 0.29) is 28.9 Å². The molecule has 1 amide bonds. The molecule has 1 aromatic carbocycles. The molecule has 0 atom stereocenters. The van der Waals surface area contributed by atoms with Crippen molar-refractivity contribution in [2.75, 3.05) is 24.7 Å². The molecule has 182 valence electrons. The molecule has 7 nitrogen and oxygen atoms in total. The Labute approximate surface area is 214 Å². The van der Waals surface area contributed by atoms with Crippen LogP contribution in [0.15, 0.2) is 73.0 Å². The molecule has 6 rings (SSSR count). The SMILES string of the molecule is C1=CCC=C1.O=C1N(CCCCn2cc(C3C=CC=C3)nn2)c2ccc(F)cc2C12OCCO2.[Fe+2]. The van der Waals surface area contributed by atoms with E-state index in [1.54, 1.807) is 11.0 Å². The summed E-state index contributed by atoms with van der Waals surface area (Å²) in [5, 5.41) is 8.42. The van der Waals surface area contributed by atoms with Crippen molar-refractivity contribution in [2.24, 2.45) is 0 Å². The van der Waals surface area contributed by atoms with E-state index in [0.29, 0.717) is 37.6 Å². The minimum atomic E-state index is -1.49. The first kappa shape index (κ1) is 25.3. The number of hydrogen-bond donors (Lipinski definition) is 0. The number of anilines is 1. The Bertz CT molecular complexity index is 1150. The van der Waals surface area contributed by atoms with Crippen molar-refractivity contribution in [1.82, 2.24) is 15.0 Å². The number of halogens is 1. The second kappa shape index (κ2) is 11.3. The van der Waals surface area contributed by atoms with Crippen LogP contribution in [0.5, 0.6) is 0 Å². The molecule has 1 aromatic heterocycles. The van der Waals surface area contributed by atoms with Crippen LogP contribution in [0.1, 0.15) is 36.4 Å².